The summed E-state index contributed by atoms with van der Waals surface area (Å²) in [4.78, 5) is 49.8. The minimum atomic E-state index is -1.23. The molecule has 0 fully saturated rings. The molecule has 0 saturated carbocycles. The Hall–Kier alpha value is -3.17. The minimum Gasteiger partial charge on any atom is -0.465 e. The highest BCUT2D eigenvalue weighted by atomic mass is 16.6. The smallest absolute Gasteiger partial charge is 0.407 e. The lowest BCUT2D eigenvalue weighted by molar-refractivity contribution is -0.385. The van der Waals surface area contributed by atoms with Crippen LogP contribution in [0.15, 0.2) is 15.7 Å². The third kappa shape index (κ3) is 2.53. The van der Waals surface area contributed by atoms with Crippen LogP contribution in [0.4, 0.5) is 10.5 Å². The van der Waals surface area contributed by atoms with Crippen molar-refractivity contribution in [2.24, 2.45) is 0 Å². The summed E-state index contributed by atoms with van der Waals surface area (Å²) < 4.78 is 0. The number of nitro groups is 1. The minimum absolute atomic E-state index is 0.0655. The average Bonchev–Trinajstić information content (AvgIpc) is 2.43. The van der Waals surface area contributed by atoms with Crippen LogP contribution in [0.25, 0.3) is 11.0 Å². The van der Waals surface area contributed by atoms with Gasteiger partial charge in [0, 0.05) is 24.2 Å². The second kappa shape index (κ2) is 5.31. The van der Waals surface area contributed by atoms with E-state index in [0.29, 0.717) is 0 Å². The molecule has 2 aromatic rings. The average molecular weight is 308 g/mol. The summed E-state index contributed by atoms with van der Waals surface area (Å²) >= 11 is 0. The zero-order valence-corrected chi connectivity index (χ0v) is 11.7. The topological polar surface area (TPSA) is 149 Å². The highest BCUT2D eigenvalue weighted by Crippen LogP contribution is 2.28. The van der Waals surface area contributed by atoms with Crippen LogP contribution in [0.2, 0.25) is 0 Å². The predicted octanol–water partition coefficient (Wildman–Crippen LogP) is 0.543. The Balaban J connectivity index is 2.84. The van der Waals surface area contributed by atoms with Gasteiger partial charge in [0.2, 0.25) is 0 Å². The van der Waals surface area contributed by atoms with Crippen molar-refractivity contribution in [1.29, 1.82) is 0 Å². The molecule has 1 amide bonds. The number of nitrogens with zero attached hydrogens (tertiary/aromatic N) is 2. The fourth-order valence-electron chi connectivity index (χ4n) is 2.10. The van der Waals surface area contributed by atoms with Crippen LogP contribution in [0.5, 0.6) is 0 Å². The summed E-state index contributed by atoms with van der Waals surface area (Å²) in [5.74, 6) is 0. The molecule has 10 heteroatoms. The molecule has 0 aliphatic carbocycles. The lowest BCUT2D eigenvalue weighted by Crippen LogP contribution is -2.30. The van der Waals surface area contributed by atoms with E-state index in [1.165, 1.54) is 14.0 Å². The fourth-order valence-corrected chi connectivity index (χ4v) is 2.10. The number of carboxylic acid groups (broad SMARTS) is 1. The summed E-state index contributed by atoms with van der Waals surface area (Å²) in [6.07, 6.45) is -1.23. The highest BCUT2D eigenvalue weighted by Gasteiger charge is 2.21. The molecule has 1 heterocycles. The zero-order chi connectivity index (χ0) is 16.6. The summed E-state index contributed by atoms with van der Waals surface area (Å²) in [5.41, 5.74) is -1.43. The molecule has 0 radical (unpaired) electrons. The van der Waals surface area contributed by atoms with Crippen LogP contribution >= 0.6 is 0 Å². The largest absolute Gasteiger partial charge is 0.465 e. The normalized spacial score (nSPS) is 10.6. The Morgan fingerprint density at radius 1 is 1.36 bits per heavy atom. The van der Waals surface area contributed by atoms with Crippen LogP contribution in [-0.4, -0.2) is 38.0 Å². The maximum absolute atomic E-state index is 11.5. The van der Waals surface area contributed by atoms with Crippen LogP contribution in [-0.2, 0) is 6.54 Å². The van der Waals surface area contributed by atoms with Crippen LogP contribution in [0.3, 0.4) is 0 Å². The molecular formula is C12H12N4O6. The molecule has 0 saturated heterocycles. The first-order valence-corrected chi connectivity index (χ1v) is 6.09. The molecule has 0 unspecified atom stereocenters. The predicted molar refractivity (Wildman–Crippen MR) is 76.1 cm³/mol. The van der Waals surface area contributed by atoms with Gasteiger partial charge in [-0.15, -0.1) is 0 Å². The van der Waals surface area contributed by atoms with Gasteiger partial charge in [0.25, 0.3) is 5.69 Å². The van der Waals surface area contributed by atoms with Crippen LogP contribution < -0.4 is 11.1 Å². The molecule has 0 bridgehead atoms. The summed E-state index contributed by atoms with van der Waals surface area (Å²) in [6, 6.07) is 1.13. The van der Waals surface area contributed by atoms with Crippen LogP contribution in [0, 0.1) is 17.0 Å². The molecule has 0 aliphatic heterocycles. The monoisotopic (exact) mass is 308 g/mol. The summed E-state index contributed by atoms with van der Waals surface area (Å²) in [6.45, 7) is 1.27. The zero-order valence-electron chi connectivity index (χ0n) is 11.7. The molecule has 3 N–H and O–H groups in total. The number of amides is 1. The van der Waals surface area contributed by atoms with E-state index in [9.17, 15) is 24.5 Å². The molecule has 116 valence electrons. The van der Waals surface area contributed by atoms with E-state index in [4.69, 9.17) is 5.11 Å². The number of benzene rings is 1. The van der Waals surface area contributed by atoms with E-state index in [0.717, 1.165) is 11.0 Å². The Bertz CT molecular complexity index is 897. The fraction of sp³-hybridized carbons (Fsp3) is 0.250. The van der Waals surface area contributed by atoms with Gasteiger partial charge in [-0.25, -0.2) is 4.79 Å². The third-order valence-corrected chi connectivity index (χ3v) is 3.30. The number of hydrogen-bond donors (Lipinski definition) is 3. The molecular weight excluding hydrogens is 296 g/mol. The second-order valence-corrected chi connectivity index (χ2v) is 4.73. The molecule has 1 aromatic carbocycles. The number of fused-ring (bicyclic) bond motifs is 1. The molecule has 22 heavy (non-hydrogen) atoms. The van der Waals surface area contributed by atoms with E-state index >= 15 is 0 Å². The maximum Gasteiger partial charge on any atom is 0.407 e. The SMILES string of the molecule is Cc1c([N+](=O)[O-])cc2[nH]c(=O)c(=O)[nH]c2c1CN(C)C(=O)O. The second-order valence-electron chi connectivity index (χ2n) is 4.73. The van der Waals surface area contributed by atoms with Crippen molar-refractivity contribution >= 4 is 22.8 Å². The standard InChI is InChI=1S/C12H12N4O6/c1-5-6(4-15(2)12(19)20)9-7(3-8(5)16(21)22)13-10(17)11(18)14-9/h3H,4H2,1-2H3,(H,13,17)(H,14,18)(H,19,20). The Labute approximate surface area is 122 Å². The van der Waals surface area contributed by atoms with E-state index in [-0.39, 0.29) is 34.4 Å². The molecule has 0 atom stereocenters. The van der Waals surface area contributed by atoms with Gasteiger partial charge in [-0.05, 0) is 6.92 Å². The first-order valence-electron chi connectivity index (χ1n) is 6.09. The number of hydrogen-bond acceptors (Lipinski definition) is 5. The lowest BCUT2D eigenvalue weighted by Gasteiger charge is -2.16. The van der Waals surface area contributed by atoms with E-state index in [2.05, 4.69) is 9.97 Å². The number of carbonyl (C=O) groups is 1. The van der Waals surface area contributed by atoms with E-state index in [1.54, 1.807) is 0 Å². The van der Waals surface area contributed by atoms with E-state index in [1.807, 2.05) is 0 Å². The van der Waals surface area contributed by atoms with Crippen molar-refractivity contribution in [3.05, 3.63) is 48.0 Å². The van der Waals surface area contributed by atoms with Gasteiger partial charge in [-0.2, -0.15) is 0 Å². The number of aromatic amines is 2. The van der Waals surface area contributed by atoms with Gasteiger partial charge in [-0.3, -0.25) is 19.7 Å². The lowest BCUT2D eigenvalue weighted by atomic mass is 10.0. The number of aromatic nitrogens is 2. The Morgan fingerprint density at radius 2 is 1.95 bits per heavy atom. The third-order valence-electron chi connectivity index (χ3n) is 3.30. The summed E-state index contributed by atoms with van der Waals surface area (Å²) in [7, 11) is 1.29. The van der Waals surface area contributed by atoms with Crippen molar-refractivity contribution in [1.82, 2.24) is 14.9 Å². The van der Waals surface area contributed by atoms with Crippen LogP contribution in [0.1, 0.15) is 11.1 Å². The van der Waals surface area contributed by atoms with E-state index < -0.39 is 22.1 Å². The van der Waals surface area contributed by atoms with Gasteiger partial charge in [0.15, 0.2) is 0 Å². The number of H-pyrrole nitrogens is 2. The van der Waals surface area contributed by atoms with Gasteiger partial charge in [-0.1, -0.05) is 0 Å². The Morgan fingerprint density at radius 3 is 2.50 bits per heavy atom. The van der Waals surface area contributed by atoms with Gasteiger partial charge >= 0.3 is 17.2 Å². The Kier molecular flexibility index (Phi) is 3.68. The molecule has 0 aliphatic rings. The highest BCUT2D eigenvalue weighted by molar-refractivity contribution is 5.83. The molecule has 2 rings (SSSR count). The molecule has 1 aromatic heterocycles. The van der Waals surface area contributed by atoms with Gasteiger partial charge in [0.1, 0.15) is 0 Å². The molecule has 0 spiro atoms. The maximum atomic E-state index is 11.5. The van der Waals surface area contributed by atoms with Crippen molar-refractivity contribution in [2.75, 3.05) is 7.05 Å². The quantitative estimate of drug-likeness (QED) is 0.428. The first-order chi connectivity index (χ1) is 10.2. The molecule has 10 nitrogen and oxygen atoms in total. The first kappa shape index (κ1) is 15.2. The number of nitrogens with one attached hydrogen (secondary N) is 2. The number of rotatable bonds is 3. The van der Waals surface area contributed by atoms with Crippen molar-refractivity contribution in [3.63, 3.8) is 0 Å². The summed E-state index contributed by atoms with van der Waals surface area (Å²) in [5, 5.41) is 20.0. The van der Waals surface area contributed by atoms with Crippen molar-refractivity contribution in [2.45, 2.75) is 13.5 Å². The van der Waals surface area contributed by atoms with Crippen molar-refractivity contribution < 1.29 is 14.8 Å². The van der Waals surface area contributed by atoms with Gasteiger partial charge < -0.3 is 20.0 Å². The van der Waals surface area contributed by atoms with Gasteiger partial charge in [0.05, 0.1) is 22.5 Å². The number of nitro benzene ring substituents is 1. The van der Waals surface area contributed by atoms with Crippen molar-refractivity contribution in [3.8, 4) is 0 Å².